The van der Waals surface area contributed by atoms with Crippen molar-refractivity contribution in [1.29, 1.82) is 0 Å². The molecule has 29 heavy (non-hydrogen) atoms. The van der Waals surface area contributed by atoms with Crippen LogP contribution >= 0.6 is 24.2 Å². The maximum Gasteiger partial charge on any atom is 0.255 e. The topological polar surface area (TPSA) is 69.6 Å². The Hall–Kier alpha value is -1.74. The monoisotopic (exact) mass is 449 g/mol. The van der Waals surface area contributed by atoms with Crippen molar-refractivity contribution in [2.24, 2.45) is 0 Å². The van der Waals surface area contributed by atoms with E-state index in [0.29, 0.717) is 22.1 Å². The first kappa shape index (κ1) is 25.3. The molecule has 3 N–H and O–H groups in total. The molecule has 1 amide bonds. The van der Waals surface area contributed by atoms with E-state index in [9.17, 15) is 18.0 Å². The summed E-state index contributed by atoms with van der Waals surface area (Å²) >= 11 is 9.81. The first-order valence-electron chi connectivity index (χ1n) is 8.85. The van der Waals surface area contributed by atoms with E-state index in [1.807, 2.05) is 0 Å². The van der Waals surface area contributed by atoms with Gasteiger partial charge in [-0.3, -0.25) is 4.79 Å². The third-order valence-corrected chi connectivity index (χ3v) is 4.86. The summed E-state index contributed by atoms with van der Waals surface area (Å²) in [4.78, 5) is 12.2. The molecule has 1 fully saturated rings. The highest BCUT2D eigenvalue weighted by Gasteiger charge is 2.13. The number of hydrogen-bond donors (Lipinski definition) is 4. The fourth-order valence-electron chi connectivity index (χ4n) is 2.57. The molecule has 0 aliphatic heterocycles. The molecule has 0 bridgehead atoms. The maximum atomic E-state index is 13.0. The molecule has 2 aromatic rings. The normalized spacial score (nSPS) is 13.5. The third kappa shape index (κ3) is 8.26. The molecule has 160 valence electrons. The van der Waals surface area contributed by atoms with Crippen LogP contribution in [0.3, 0.4) is 0 Å². The number of nitrogens with one attached hydrogen (secondary N) is 1. The molecule has 0 unspecified atom stereocenters. The van der Waals surface area contributed by atoms with Gasteiger partial charge in [0.05, 0.1) is 11.1 Å². The van der Waals surface area contributed by atoms with E-state index in [-0.39, 0.29) is 17.4 Å². The van der Waals surface area contributed by atoms with Crippen LogP contribution < -0.4 is 5.32 Å². The number of benzene rings is 2. The predicted molar refractivity (Wildman–Crippen MR) is 110 cm³/mol. The van der Waals surface area contributed by atoms with Crippen LogP contribution in [0.1, 0.15) is 42.5 Å². The van der Waals surface area contributed by atoms with Crippen molar-refractivity contribution >= 4 is 35.8 Å². The van der Waals surface area contributed by atoms with Crippen LogP contribution in [0.4, 0.5) is 18.9 Å². The Labute approximate surface area is 178 Å². The van der Waals surface area contributed by atoms with Gasteiger partial charge in [-0.2, -0.15) is 0 Å². The number of carbonyl (C=O) groups is 1. The van der Waals surface area contributed by atoms with Crippen LogP contribution in [-0.2, 0) is 0 Å². The Kier molecular flexibility index (Phi) is 11.1. The van der Waals surface area contributed by atoms with Crippen molar-refractivity contribution in [2.75, 3.05) is 12.4 Å². The minimum atomic E-state index is -1.59. The predicted octanol–water partition coefficient (Wildman–Crippen LogP) is 5.22. The van der Waals surface area contributed by atoms with Gasteiger partial charge in [-0.15, -0.1) is 12.6 Å². The van der Waals surface area contributed by atoms with E-state index in [4.69, 9.17) is 21.8 Å². The van der Waals surface area contributed by atoms with Gasteiger partial charge in [0, 0.05) is 35.4 Å². The zero-order valence-electron chi connectivity index (χ0n) is 15.8. The van der Waals surface area contributed by atoms with E-state index >= 15 is 0 Å². The van der Waals surface area contributed by atoms with Gasteiger partial charge in [-0.1, -0.05) is 30.9 Å². The molecule has 2 aromatic carbocycles. The van der Waals surface area contributed by atoms with E-state index in [1.54, 1.807) is 0 Å². The fraction of sp³-hybridized carbons (Fsp3) is 0.350. The Bertz CT molecular complexity index is 795. The van der Waals surface area contributed by atoms with Gasteiger partial charge in [0.25, 0.3) is 5.91 Å². The van der Waals surface area contributed by atoms with Crippen LogP contribution in [-0.4, -0.2) is 29.3 Å². The number of halogens is 4. The number of thiol groups is 1. The average Bonchev–Trinajstić information content (AvgIpc) is 2.70. The molecule has 3 rings (SSSR count). The van der Waals surface area contributed by atoms with Gasteiger partial charge in [0.1, 0.15) is 0 Å². The molecule has 0 atom stereocenters. The lowest BCUT2D eigenvalue weighted by molar-refractivity contribution is 0.102. The first-order valence-corrected chi connectivity index (χ1v) is 9.67. The highest BCUT2D eigenvalue weighted by atomic mass is 35.5. The summed E-state index contributed by atoms with van der Waals surface area (Å²) in [5.41, 5.74) is 0.00612. The van der Waals surface area contributed by atoms with Gasteiger partial charge in [-0.25, -0.2) is 13.2 Å². The molecule has 0 saturated heterocycles. The quantitative estimate of drug-likeness (QED) is 0.375. The van der Waals surface area contributed by atoms with Crippen LogP contribution in [0.2, 0.25) is 5.02 Å². The highest BCUT2D eigenvalue weighted by Crippen LogP contribution is 2.22. The Morgan fingerprint density at radius 1 is 1.07 bits per heavy atom. The molecular weight excluding hydrogens is 427 g/mol. The lowest BCUT2D eigenvalue weighted by Gasteiger charge is -2.14. The second kappa shape index (κ2) is 12.7. The number of amides is 1. The van der Waals surface area contributed by atoms with Crippen LogP contribution in [0.25, 0.3) is 0 Å². The zero-order valence-corrected chi connectivity index (χ0v) is 17.4. The van der Waals surface area contributed by atoms with Gasteiger partial charge in [-0.05, 0) is 31.0 Å². The second-order valence-corrected chi connectivity index (χ2v) is 7.06. The van der Waals surface area contributed by atoms with Crippen molar-refractivity contribution in [3.8, 4) is 0 Å². The molecule has 0 spiro atoms. The minimum Gasteiger partial charge on any atom is -0.400 e. The number of carbonyl (C=O) groups excluding carboxylic acids is 1. The smallest absolute Gasteiger partial charge is 0.255 e. The molecule has 4 nitrogen and oxygen atoms in total. The Morgan fingerprint density at radius 3 is 2.07 bits per heavy atom. The van der Waals surface area contributed by atoms with Crippen LogP contribution in [0.15, 0.2) is 35.2 Å². The standard InChI is InChI=1S/C13H7ClF3NOS.C6H12O.CH4O/c14-8-2-1-6(3-11(8)20)13(19)18-7-4-9(15)12(17)10(16)5-7;7-6-4-2-1-3-5-6;1-2/h1-5,20H,(H,18,19);6-7H,1-5H2;2H,1H3. The van der Waals surface area contributed by atoms with Crippen LogP contribution in [0.5, 0.6) is 0 Å². The number of anilines is 1. The highest BCUT2D eigenvalue weighted by molar-refractivity contribution is 7.80. The Morgan fingerprint density at radius 2 is 1.62 bits per heavy atom. The maximum absolute atomic E-state index is 13.0. The molecule has 1 aliphatic rings. The number of aliphatic hydroxyl groups excluding tert-OH is 2. The average molecular weight is 450 g/mol. The molecule has 0 aromatic heterocycles. The van der Waals surface area contributed by atoms with Crippen molar-refractivity contribution in [1.82, 2.24) is 0 Å². The molecule has 0 heterocycles. The summed E-state index contributed by atoms with van der Waals surface area (Å²) in [5.74, 6) is -4.98. The Balaban J connectivity index is 0.000000390. The van der Waals surface area contributed by atoms with Gasteiger partial charge in [0.2, 0.25) is 0 Å². The lowest BCUT2D eigenvalue weighted by atomic mass is 9.98. The van der Waals surface area contributed by atoms with Crippen LogP contribution in [0, 0.1) is 17.5 Å². The SMILES string of the molecule is CO.O=C(Nc1cc(F)c(F)c(F)c1)c1ccc(Cl)c(S)c1.OC1CCCCC1. The van der Waals surface area contributed by atoms with Crippen molar-refractivity contribution in [2.45, 2.75) is 43.1 Å². The number of aliphatic hydroxyl groups is 2. The van der Waals surface area contributed by atoms with E-state index in [1.165, 1.54) is 37.5 Å². The summed E-state index contributed by atoms with van der Waals surface area (Å²) in [6, 6.07) is 5.66. The van der Waals surface area contributed by atoms with Crippen molar-refractivity contribution in [3.05, 3.63) is 58.4 Å². The van der Waals surface area contributed by atoms with Crippen molar-refractivity contribution < 1.29 is 28.2 Å². The molecular formula is C20H23ClF3NO3S. The molecule has 9 heteroatoms. The van der Waals surface area contributed by atoms with E-state index in [2.05, 4.69) is 17.9 Å². The van der Waals surface area contributed by atoms with Gasteiger partial charge < -0.3 is 15.5 Å². The number of rotatable bonds is 2. The fourth-order valence-corrected chi connectivity index (χ4v) is 2.90. The first-order chi connectivity index (χ1) is 13.8. The zero-order chi connectivity index (χ0) is 22.0. The molecule has 1 aliphatic carbocycles. The summed E-state index contributed by atoms with van der Waals surface area (Å²) < 4.78 is 38.8. The second-order valence-electron chi connectivity index (χ2n) is 6.17. The van der Waals surface area contributed by atoms with Gasteiger partial charge in [0.15, 0.2) is 17.5 Å². The molecule has 0 radical (unpaired) electrons. The minimum absolute atomic E-state index is 0.0359. The summed E-state index contributed by atoms with van der Waals surface area (Å²) in [7, 11) is 1.00. The van der Waals surface area contributed by atoms with Gasteiger partial charge >= 0.3 is 0 Å². The summed E-state index contributed by atoms with van der Waals surface area (Å²) in [5, 5.41) is 18.5. The van der Waals surface area contributed by atoms with Crippen molar-refractivity contribution in [3.63, 3.8) is 0 Å². The van der Waals surface area contributed by atoms with E-state index < -0.39 is 23.4 Å². The molecule has 1 saturated carbocycles. The third-order valence-electron chi connectivity index (χ3n) is 4.02. The largest absolute Gasteiger partial charge is 0.400 e. The summed E-state index contributed by atoms with van der Waals surface area (Å²) in [6.45, 7) is 0. The summed E-state index contributed by atoms with van der Waals surface area (Å²) in [6.07, 6.45) is 5.92. The lowest BCUT2D eigenvalue weighted by Crippen LogP contribution is -2.12. The van der Waals surface area contributed by atoms with E-state index in [0.717, 1.165) is 20.0 Å². The number of hydrogen-bond acceptors (Lipinski definition) is 4.